The molecule has 0 aliphatic rings. The Balaban J connectivity index is 2.61. The Kier molecular flexibility index (Phi) is 3.58. The Hall–Kier alpha value is -2.99. The Morgan fingerprint density at radius 1 is 1.25 bits per heavy atom. The smallest absolute Gasteiger partial charge is 0.258 e. The predicted molar refractivity (Wildman–Crippen MR) is 64.0 cm³/mol. The van der Waals surface area contributed by atoms with Crippen LogP contribution in [0.25, 0.3) is 11.3 Å². The van der Waals surface area contributed by atoms with E-state index in [4.69, 9.17) is 0 Å². The summed E-state index contributed by atoms with van der Waals surface area (Å²) in [7, 11) is 0. The molecular formula is C12H5F2N3O3. The molecular weight excluding hydrogens is 272 g/mol. The van der Waals surface area contributed by atoms with E-state index in [1.807, 2.05) is 0 Å². The molecule has 2 rings (SSSR count). The summed E-state index contributed by atoms with van der Waals surface area (Å²) in [6, 6.07) is 5.01. The van der Waals surface area contributed by atoms with Gasteiger partial charge in [-0.2, -0.15) is 0 Å². The molecule has 20 heavy (non-hydrogen) atoms. The van der Waals surface area contributed by atoms with Crippen LogP contribution in [0.1, 0.15) is 0 Å². The van der Waals surface area contributed by atoms with E-state index in [2.05, 4.69) is 9.98 Å². The minimum atomic E-state index is -0.882. The van der Waals surface area contributed by atoms with Gasteiger partial charge >= 0.3 is 5.69 Å². The molecule has 1 aromatic heterocycles. The van der Waals surface area contributed by atoms with Gasteiger partial charge in [-0.1, -0.05) is 0 Å². The average molecular weight is 277 g/mol. The van der Waals surface area contributed by atoms with Crippen molar-refractivity contribution in [1.29, 1.82) is 0 Å². The highest BCUT2D eigenvalue weighted by Gasteiger charge is 2.17. The van der Waals surface area contributed by atoms with Gasteiger partial charge in [-0.05, 0) is 18.2 Å². The molecule has 0 spiro atoms. The summed E-state index contributed by atoms with van der Waals surface area (Å²) in [5.74, 6) is -2.14. The van der Waals surface area contributed by atoms with E-state index in [-0.39, 0.29) is 11.3 Å². The van der Waals surface area contributed by atoms with Crippen LogP contribution in [-0.2, 0) is 4.79 Å². The van der Waals surface area contributed by atoms with Crippen LogP contribution in [0, 0.1) is 21.7 Å². The number of hydrogen-bond acceptors (Lipinski definition) is 5. The minimum absolute atomic E-state index is 0.0119. The number of rotatable bonds is 3. The maximum Gasteiger partial charge on any atom is 0.314 e. The lowest BCUT2D eigenvalue weighted by molar-refractivity contribution is -0.384. The monoisotopic (exact) mass is 277 g/mol. The number of aliphatic imine (C=N–C) groups is 1. The second-order valence-corrected chi connectivity index (χ2v) is 3.62. The first-order chi connectivity index (χ1) is 9.52. The van der Waals surface area contributed by atoms with Crippen LogP contribution >= 0.6 is 0 Å². The molecule has 0 aliphatic heterocycles. The van der Waals surface area contributed by atoms with Gasteiger partial charge in [-0.15, -0.1) is 4.99 Å². The number of pyridine rings is 1. The first kappa shape index (κ1) is 13.4. The van der Waals surface area contributed by atoms with E-state index >= 15 is 0 Å². The maximum absolute atomic E-state index is 13.6. The van der Waals surface area contributed by atoms with Gasteiger partial charge in [-0.3, -0.25) is 10.1 Å². The van der Waals surface area contributed by atoms with Crippen molar-refractivity contribution in [3.63, 3.8) is 0 Å². The number of aromatic nitrogens is 1. The molecule has 0 aliphatic carbocycles. The topological polar surface area (TPSA) is 85.5 Å². The Labute approximate surface area is 110 Å². The van der Waals surface area contributed by atoms with E-state index in [9.17, 15) is 23.7 Å². The number of carbonyl (C=O) groups excluding carboxylic acids is 1. The zero-order chi connectivity index (χ0) is 14.7. The first-order valence-electron chi connectivity index (χ1n) is 5.21. The van der Waals surface area contributed by atoms with Crippen molar-refractivity contribution in [3.05, 3.63) is 52.1 Å². The van der Waals surface area contributed by atoms with Gasteiger partial charge < -0.3 is 0 Å². The summed E-state index contributed by atoms with van der Waals surface area (Å²) in [6.45, 7) is 0. The summed E-state index contributed by atoms with van der Waals surface area (Å²) in [4.78, 5) is 27.0. The van der Waals surface area contributed by atoms with Crippen LogP contribution in [0.4, 0.5) is 20.3 Å². The van der Waals surface area contributed by atoms with Gasteiger partial charge in [0.05, 0.1) is 10.6 Å². The zero-order valence-electron chi connectivity index (χ0n) is 9.71. The molecule has 1 aromatic carbocycles. The third-order valence-corrected chi connectivity index (χ3v) is 2.41. The van der Waals surface area contributed by atoms with Crippen molar-refractivity contribution in [2.24, 2.45) is 4.99 Å². The van der Waals surface area contributed by atoms with E-state index in [1.54, 1.807) is 0 Å². The first-order valence-corrected chi connectivity index (χ1v) is 5.21. The van der Waals surface area contributed by atoms with Gasteiger partial charge in [0.1, 0.15) is 11.6 Å². The van der Waals surface area contributed by atoms with E-state index < -0.39 is 28.1 Å². The van der Waals surface area contributed by atoms with Gasteiger partial charge in [0, 0.05) is 17.7 Å². The standard InChI is InChI=1S/C12H5F2N3O3/c13-7-1-2-8(9(14)5-7)10-3-4-11(17(19)20)12(16-10)15-6-18/h1-5H. The molecule has 8 heteroatoms. The molecule has 1 heterocycles. The predicted octanol–water partition coefficient (Wildman–Crippen LogP) is 2.90. The summed E-state index contributed by atoms with van der Waals surface area (Å²) >= 11 is 0. The molecule has 0 saturated carbocycles. The van der Waals surface area contributed by atoms with E-state index in [0.717, 1.165) is 24.3 Å². The lowest BCUT2D eigenvalue weighted by Gasteiger charge is -2.03. The van der Waals surface area contributed by atoms with Crippen molar-refractivity contribution in [2.75, 3.05) is 0 Å². The molecule has 0 amide bonds. The molecule has 100 valence electrons. The molecule has 0 radical (unpaired) electrons. The van der Waals surface area contributed by atoms with Crippen LogP contribution in [0.5, 0.6) is 0 Å². The van der Waals surface area contributed by atoms with Gasteiger partial charge in [0.2, 0.25) is 11.9 Å². The molecule has 0 bridgehead atoms. The number of benzene rings is 1. The quantitative estimate of drug-likeness (QED) is 0.373. The molecule has 0 saturated heterocycles. The van der Waals surface area contributed by atoms with E-state index in [1.165, 1.54) is 6.07 Å². The third-order valence-electron chi connectivity index (χ3n) is 2.41. The minimum Gasteiger partial charge on any atom is -0.258 e. The fourth-order valence-electron chi connectivity index (χ4n) is 1.56. The number of nitro groups is 1. The highest BCUT2D eigenvalue weighted by atomic mass is 19.1. The van der Waals surface area contributed by atoms with Gasteiger partial charge in [0.25, 0.3) is 0 Å². The van der Waals surface area contributed by atoms with Crippen molar-refractivity contribution in [2.45, 2.75) is 0 Å². The van der Waals surface area contributed by atoms with Crippen molar-refractivity contribution >= 4 is 17.6 Å². The summed E-state index contributed by atoms with van der Waals surface area (Å²) < 4.78 is 26.4. The second kappa shape index (κ2) is 5.33. The Bertz CT molecular complexity index is 743. The third kappa shape index (κ3) is 2.55. The average Bonchev–Trinajstić information content (AvgIpc) is 2.38. The maximum atomic E-state index is 13.6. The van der Waals surface area contributed by atoms with Crippen LogP contribution in [-0.4, -0.2) is 16.0 Å². The molecule has 0 unspecified atom stereocenters. The van der Waals surface area contributed by atoms with Gasteiger partial charge in [0.15, 0.2) is 0 Å². The van der Waals surface area contributed by atoms with E-state index in [0.29, 0.717) is 6.07 Å². The zero-order valence-corrected chi connectivity index (χ0v) is 9.71. The molecule has 2 aromatic rings. The van der Waals surface area contributed by atoms with Crippen LogP contribution in [0.3, 0.4) is 0 Å². The summed E-state index contributed by atoms with van der Waals surface area (Å²) in [5, 5.41) is 10.7. The largest absolute Gasteiger partial charge is 0.314 e. The van der Waals surface area contributed by atoms with Gasteiger partial charge in [-0.25, -0.2) is 18.6 Å². The Morgan fingerprint density at radius 3 is 2.60 bits per heavy atom. The fraction of sp³-hybridized carbons (Fsp3) is 0. The molecule has 6 nitrogen and oxygen atoms in total. The summed E-state index contributed by atoms with van der Waals surface area (Å²) in [6.07, 6.45) is 1.14. The SMILES string of the molecule is O=C=Nc1nc(-c2ccc(F)cc2F)ccc1[N+](=O)[O-]. The lowest BCUT2D eigenvalue weighted by atomic mass is 10.1. The molecule has 0 fully saturated rings. The number of isocyanates is 1. The second-order valence-electron chi connectivity index (χ2n) is 3.62. The fourth-order valence-corrected chi connectivity index (χ4v) is 1.56. The number of nitrogens with zero attached hydrogens (tertiary/aromatic N) is 3. The lowest BCUT2D eigenvalue weighted by Crippen LogP contribution is -1.94. The summed E-state index contributed by atoms with van der Waals surface area (Å²) in [5.41, 5.74) is -0.592. The number of hydrogen-bond donors (Lipinski definition) is 0. The normalized spacial score (nSPS) is 9.90. The van der Waals surface area contributed by atoms with Crippen LogP contribution < -0.4 is 0 Å². The molecule has 0 N–H and O–H groups in total. The van der Waals surface area contributed by atoms with Crippen molar-refractivity contribution < 1.29 is 18.5 Å². The highest BCUT2D eigenvalue weighted by Crippen LogP contribution is 2.29. The van der Waals surface area contributed by atoms with Crippen molar-refractivity contribution in [1.82, 2.24) is 4.98 Å². The highest BCUT2D eigenvalue weighted by molar-refractivity contribution is 5.67. The molecule has 0 atom stereocenters. The Morgan fingerprint density at radius 2 is 2.00 bits per heavy atom. The number of halogens is 2. The van der Waals surface area contributed by atoms with Crippen molar-refractivity contribution in [3.8, 4) is 11.3 Å². The van der Waals surface area contributed by atoms with Crippen LogP contribution in [0.2, 0.25) is 0 Å². The van der Waals surface area contributed by atoms with Crippen LogP contribution in [0.15, 0.2) is 35.3 Å².